The first-order valence-electron chi connectivity index (χ1n) is 17.7. The number of carbonyl (C=O) groups is 2. The molecule has 3 aliphatic rings. The molecule has 2 amide bonds. The molecule has 1 aromatic heterocycles. The Hall–Kier alpha value is -4.17. The summed E-state index contributed by atoms with van der Waals surface area (Å²) in [6, 6.07) is 26.5. The molecule has 3 fully saturated rings. The molecular formula is C39H48N6O2. The molecule has 0 bridgehead atoms. The van der Waals surface area contributed by atoms with E-state index in [1.54, 1.807) is 0 Å². The number of imidazole rings is 1. The van der Waals surface area contributed by atoms with Crippen LogP contribution in [0.2, 0.25) is 0 Å². The zero-order valence-electron chi connectivity index (χ0n) is 27.4. The maximum Gasteiger partial charge on any atom is 0.244 e. The molecule has 0 spiro atoms. The van der Waals surface area contributed by atoms with Crippen molar-refractivity contribution < 1.29 is 9.59 Å². The monoisotopic (exact) mass is 632 g/mol. The average molecular weight is 633 g/mol. The van der Waals surface area contributed by atoms with Crippen LogP contribution in [0.1, 0.15) is 86.4 Å². The highest BCUT2D eigenvalue weighted by Gasteiger charge is 2.34. The number of nitrogens with zero attached hydrogens (tertiary/aromatic N) is 4. The van der Waals surface area contributed by atoms with Crippen molar-refractivity contribution in [2.75, 3.05) is 31.1 Å². The third-order valence-corrected chi connectivity index (χ3v) is 10.9. The number of anilines is 1. The fourth-order valence-corrected chi connectivity index (χ4v) is 8.30. The van der Waals surface area contributed by atoms with Crippen molar-refractivity contribution in [3.8, 4) is 0 Å². The van der Waals surface area contributed by atoms with Crippen molar-refractivity contribution in [3.05, 3.63) is 95.6 Å². The number of piperazine rings is 1. The third kappa shape index (κ3) is 6.93. The maximum absolute atomic E-state index is 13.6. The number of benzene rings is 3. The Morgan fingerprint density at radius 1 is 0.787 bits per heavy atom. The minimum Gasteiger partial charge on any atom is -0.368 e. The smallest absolute Gasteiger partial charge is 0.244 e. The van der Waals surface area contributed by atoms with Crippen LogP contribution in [0.25, 0.3) is 11.0 Å². The number of aromatic nitrogens is 2. The van der Waals surface area contributed by atoms with Gasteiger partial charge in [-0.05, 0) is 60.4 Å². The molecule has 7 rings (SSSR count). The van der Waals surface area contributed by atoms with Crippen molar-refractivity contribution in [3.63, 3.8) is 0 Å². The van der Waals surface area contributed by atoms with E-state index in [0.29, 0.717) is 5.56 Å². The van der Waals surface area contributed by atoms with Crippen LogP contribution in [0.3, 0.4) is 0 Å². The highest BCUT2D eigenvalue weighted by Crippen LogP contribution is 2.39. The standard InChI is InChI=1S/C39H48N6O2/c40-37(46)36(30-11-3-1-4-12-30)42-38(47)33-16-8-7-15-32(33)29-21-19-28(20-22-29)27-45-35-18-10-9-17-34(35)41-39(45)44-25-23-43(24-26-44)31-13-5-2-6-14-31/h1,3-4,9-12,17-22,31-33,36H,2,5-8,13-16,23-27H2,(H2,40,46)(H,42,47)/t32-,33+,36-/m0/s1. The Morgan fingerprint density at radius 3 is 2.21 bits per heavy atom. The van der Waals surface area contributed by atoms with Crippen LogP contribution in [0.5, 0.6) is 0 Å². The summed E-state index contributed by atoms with van der Waals surface area (Å²) in [6.07, 6.45) is 10.7. The molecule has 8 heteroatoms. The molecule has 8 nitrogen and oxygen atoms in total. The van der Waals surface area contributed by atoms with Crippen molar-refractivity contribution in [2.45, 2.75) is 82.3 Å². The second kappa shape index (κ2) is 14.3. The molecule has 0 radical (unpaired) electrons. The predicted molar refractivity (Wildman–Crippen MR) is 187 cm³/mol. The molecule has 4 aromatic rings. The van der Waals surface area contributed by atoms with Gasteiger partial charge in [-0.2, -0.15) is 0 Å². The lowest BCUT2D eigenvalue weighted by molar-refractivity contribution is -0.131. The number of hydrogen-bond donors (Lipinski definition) is 2. The molecule has 3 atom stereocenters. The van der Waals surface area contributed by atoms with Gasteiger partial charge in [-0.3, -0.25) is 14.5 Å². The van der Waals surface area contributed by atoms with Crippen LogP contribution >= 0.6 is 0 Å². The third-order valence-electron chi connectivity index (χ3n) is 10.9. The van der Waals surface area contributed by atoms with Gasteiger partial charge in [-0.1, -0.05) is 98.8 Å². The molecule has 0 unspecified atom stereocenters. The average Bonchev–Trinajstić information content (AvgIpc) is 3.49. The molecule has 246 valence electrons. The first-order chi connectivity index (χ1) is 23.0. The molecule has 3 N–H and O–H groups in total. The van der Waals surface area contributed by atoms with Gasteiger partial charge in [0.15, 0.2) is 0 Å². The van der Waals surface area contributed by atoms with Gasteiger partial charge in [0, 0.05) is 38.1 Å². The number of hydrogen-bond acceptors (Lipinski definition) is 5. The molecule has 47 heavy (non-hydrogen) atoms. The second-order valence-corrected chi connectivity index (χ2v) is 13.8. The zero-order chi connectivity index (χ0) is 32.2. The summed E-state index contributed by atoms with van der Waals surface area (Å²) >= 11 is 0. The largest absolute Gasteiger partial charge is 0.368 e. The number of amides is 2. The van der Waals surface area contributed by atoms with Crippen LogP contribution in [0.4, 0.5) is 5.95 Å². The summed E-state index contributed by atoms with van der Waals surface area (Å²) in [6.45, 7) is 4.95. The van der Waals surface area contributed by atoms with Crippen LogP contribution in [-0.4, -0.2) is 58.5 Å². The SMILES string of the molecule is NC(=O)[C@@H](NC(=O)[C@@H]1CCCC[C@H]1c1ccc(Cn2c(N3CCN(C4CCCCC4)CC3)nc3ccccc32)cc1)c1ccccc1. The summed E-state index contributed by atoms with van der Waals surface area (Å²) < 4.78 is 2.38. The topological polar surface area (TPSA) is 96.5 Å². The van der Waals surface area contributed by atoms with Crippen LogP contribution in [0, 0.1) is 5.92 Å². The second-order valence-electron chi connectivity index (χ2n) is 13.8. The van der Waals surface area contributed by atoms with Crippen LogP contribution < -0.4 is 16.0 Å². The Kier molecular flexibility index (Phi) is 9.56. The van der Waals surface area contributed by atoms with Gasteiger partial charge in [0.2, 0.25) is 17.8 Å². The van der Waals surface area contributed by atoms with Crippen LogP contribution in [-0.2, 0) is 16.1 Å². The fraction of sp³-hybridized carbons (Fsp3) is 0.462. The summed E-state index contributed by atoms with van der Waals surface area (Å²) in [4.78, 5) is 36.3. The first kappa shape index (κ1) is 31.4. The molecule has 2 heterocycles. The highest BCUT2D eigenvalue weighted by atomic mass is 16.2. The number of rotatable bonds is 9. The van der Waals surface area contributed by atoms with E-state index in [2.05, 4.69) is 68.2 Å². The quantitative estimate of drug-likeness (QED) is 0.231. The van der Waals surface area contributed by atoms with E-state index in [1.807, 2.05) is 30.3 Å². The van der Waals surface area contributed by atoms with E-state index in [4.69, 9.17) is 10.7 Å². The number of carbonyl (C=O) groups excluding carboxylic acids is 2. The Bertz CT molecular complexity index is 1650. The normalized spacial score (nSPS) is 21.8. The highest BCUT2D eigenvalue weighted by molar-refractivity contribution is 5.89. The summed E-state index contributed by atoms with van der Waals surface area (Å²) in [5.41, 5.74) is 11.0. The first-order valence-corrected chi connectivity index (χ1v) is 17.7. The van der Waals surface area contributed by atoms with Crippen molar-refractivity contribution in [1.29, 1.82) is 0 Å². The van der Waals surface area contributed by atoms with Gasteiger partial charge in [-0.25, -0.2) is 4.98 Å². The Morgan fingerprint density at radius 2 is 1.47 bits per heavy atom. The van der Waals surface area contributed by atoms with Crippen molar-refractivity contribution >= 4 is 28.8 Å². The number of para-hydroxylation sites is 2. The number of nitrogens with one attached hydrogen (secondary N) is 1. The van der Waals surface area contributed by atoms with Gasteiger partial charge in [-0.15, -0.1) is 0 Å². The van der Waals surface area contributed by atoms with E-state index in [0.717, 1.165) is 81.4 Å². The summed E-state index contributed by atoms with van der Waals surface area (Å²) in [5, 5.41) is 2.99. The van der Waals surface area contributed by atoms with E-state index >= 15 is 0 Å². The minimum absolute atomic E-state index is 0.0930. The van der Waals surface area contributed by atoms with Gasteiger partial charge in [0.1, 0.15) is 6.04 Å². The Balaban J connectivity index is 1.06. The minimum atomic E-state index is -0.830. The molecule has 2 saturated carbocycles. The number of fused-ring (bicyclic) bond motifs is 1. The molecular weight excluding hydrogens is 584 g/mol. The van der Waals surface area contributed by atoms with E-state index in [1.165, 1.54) is 43.2 Å². The zero-order valence-corrected chi connectivity index (χ0v) is 27.4. The van der Waals surface area contributed by atoms with E-state index < -0.39 is 11.9 Å². The lowest BCUT2D eigenvalue weighted by Gasteiger charge is -2.41. The lowest BCUT2D eigenvalue weighted by atomic mass is 9.74. The summed E-state index contributed by atoms with van der Waals surface area (Å²) in [7, 11) is 0. The van der Waals surface area contributed by atoms with Gasteiger partial charge < -0.3 is 20.5 Å². The lowest BCUT2D eigenvalue weighted by Crippen LogP contribution is -2.51. The van der Waals surface area contributed by atoms with Crippen molar-refractivity contribution in [2.24, 2.45) is 11.7 Å². The molecule has 3 aromatic carbocycles. The van der Waals surface area contributed by atoms with Gasteiger partial charge in [0.25, 0.3) is 0 Å². The van der Waals surface area contributed by atoms with Gasteiger partial charge >= 0.3 is 0 Å². The molecule has 2 aliphatic carbocycles. The van der Waals surface area contributed by atoms with Crippen LogP contribution in [0.15, 0.2) is 78.9 Å². The van der Waals surface area contributed by atoms with E-state index in [-0.39, 0.29) is 17.7 Å². The Labute approximate surface area is 278 Å². The molecule has 1 aliphatic heterocycles. The maximum atomic E-state index is 13.6. The fourth-order valence-electron chi connectivity index (χ4n) is 8.30. The predicted octanol–water partition coefficient (Wildman–Crippen LogP) is 6.16. The van der Waals surface area contributed by atoms with Gasteiger partial charge in [0.05, 0.1) is 17.6 Å². The van der Waals surface area contributed by atoms with E-state index in [9.17, 15) is 9.59 Å². The number of nitrogens with two attached hydrogens (primary N) is 1. The molecule has 1 saturated heterocycles. The number of primary amides is 1. The van der Waals surface area contributed by atoms with Crippen molar-refractivity contribution in [1.82, 2.24) is 19.8 Å². The summed E-state index contributed by atoms with van der Waals surface area (Å²) in [5.74, 6) is 0.331.